The van der Waals surface area contributed by atoms with Crippen molar-refractivity contribution in [3.05, 3.63) is 80.9 Å². The van der Waals surface area contributed by atoms with E-state index in [1.807, 2.05) is 12.1 Å². The second-order valence-electron chi connectivity index (χ2n) is 6.81. The van der Waals surface area contributed by atoms with Gasteiger partial charge in [0.05, 0.1) is 16.5 Å². The minimum atomic E-state index is -0.621. The average Bonchev–Trinajstić information content (AvgIpc) is 2.93. The van der Waals surface area contributed by atoms with E-state index < -0.39 is 16.8 Å². The molecule has 2 atom stereocenters. The molecular weight excluding hydrogens is 344 g/mol. The molecule has 1 aliphatic heterocycles. The minimum Gasteiger partial charge on any atom is -0.299 e. The lowest BCUT2D eigenvalue weighted by atomic mass is 9.73. The Bertz CT molecular complexity index is 1080. The van der Waals surface area contributed by atoms with Gasteiger partial charge >= 0.3 is 0 Å². The van der Waals surface area contributed by atoms with E-state index in [1.165, 1.54) is 19.1 Å². The van der Waals surface area contributed by atoms with Crippen molar-refractivity contribution in [1.29, 1.82) is 0 Å². The first-order valence-corrected chi connectivity index (χ1v) is 8.58. The molecule has 0 saturated carbocycles. The zero-order valence-corrected chi connectivity index (χ0v) is 14.8. The molecule has 0 radical (unpaired) electrons. The summed E-state index contributed by atoms with van der Waals surface area (Å²) in [6.45, 7) is 3.23. The van der Waals surface area contributed by atoms with Crippen LogP contribution in [0.2, 0.25) is 0 Å². The van der Waals surface area contributed by atoms with E-state index in [4.69, 9.17) is 0 Å². The van der Waals surface area contributed by atoms with Crippen LogP contribution in [0.1, 0.15) is 41.3 Å². The summed E-state index contributed by atoms with van der Waals surface area (Å²) < 4.78 is 0. The predicted molar refractivity (Wildman–Crippen MR) is 101 cm³/mol. The Labute approximate surface area is 155 Å². The van der Waals surface area contributed by atoms with Crippen molar-refractivity contribution in [3.8, 4) is 0 Å². The van der Waals surface area contributed by atoms with Crippen molar-refractivity contribution in [2.45, 2.75) is 19.8 Å². The van der Waals surface area contributed by atoms with Crippen molar-refractivity contribution in [2.24, 2.45) is 10.9 Å². The second kappa shape index (κ2) is 6.09. The van der Waals surface area contributed by atoms with Gasteiger partial charge in [-0.25, -0.2) is 0 Å². The lowest BCUT2D eigenvalue weighted by molar-refractivity contribution is -0.384. The highest BCUT2D eigenvalue weighted by atomic mass is 16.6. The van der Waals surface area contributed by atoms with Gasteiger partial charge in [-0.05, 0) is 19.4 Å². The number of hydrogen-bond donors (Lipinski definition) is 0. The van der Waals surface area contributed by atoms with Gasteiger partial charge in [0.1, 0.15) is 5.78 Å². The number of allylic oxidation sites excluding steroid dienone is 1. The standard InChI is InChI=1S/C21H16N2O4/c1-11-17(12(2)24)18(13-6-5-7-14(10-13)23(26)27)19-20(22-11)15-8-3-4-9-16(15)21(19)25/h3-10,17-18H,1-2H3/t17?,18-/m0/s1. The van der Waals surface area contributed by atoms with Crippen molar-refractivity contribution in [1.82, 2.24) is 0 Å². The number of fused-ring (bicyclic) bond motifs is 2. The highest BCUT2D eigenvalue weighted by Gasteiger charge is 2.44. The Morgan fingerprint density at radius 1 is 1.11 bits per heavy atom. The number of nitrogens with zero attached hydrogens (tertiary/aromatic N) is 2. The number of Topliss-reactive ketones (excluding diaryl/α,β-unsaturated/α-hetero) is 2. The fourth-order valence-corrected chi connectivity index (χ4v) is 4.07. The Hall–Kier alpha value is -3.41. The highest BCUT2D eigenvalue weighted by molar-refractivity contribution is 6.25. The number of aliphatic imine (C=N–C) groups is 1. The van der Waals surface area contributed by atoms with Crippen molar-refractivity contribution in [2.75, 3.05) is 0 Å². The van der Waals surface area contributed by atoms with E-state index in [0.29, 0.717) is 28.1 Å². The van der Waals surface area contributed by atoms with Gasteiger partial charge in [0.2, 0.25) is 0 Å². The maximum atomic E-state index is 13.1. The van der Waals surface area contributed by atoms with Crippen LogP contribution in [0, 0.1) is 16.0 Å². The lowest BCUT2D eigenvalue weighted by Crippen LogP contribution is -2.32. The molecule has 27 heavy (non-hydrogen) atoms. The quantitative estimate of drug-likeness (QED) is 0.612. The number of nitro benzene ring substituents is 1. The first kappa shape index (κ1) is 17.0. The molecule has 6 heteroatoms. The number of ketones is 2. The molecule has 0 N–H and O–H groups in total. The molecule has 0 bridgehead atoms. The molecule has 6 nitrogen and oxygen atoms in total. The summed E-state index contributed by atoms with van der Waals surface area (Å²) in [4.78, 5) is 40.9. The maximum absolute atomic E-state index is 13.1. The van der Waals surface area contributed by atoms with Gasteiger partial charge in [-0.2, -0.15) is 0 Å². The first-order valence-electron chi connectivity index (χ1n) is 8.58. The van der Waals surface area contributed by atoms with Crippen molar-refractivity contribution in [3.63, 3.8) is 0 Å². The summed E-state index contributed by atoms with van der Waals surface area (Å²) in [6.07, 6.45) is 0. The Balaban J connectivity index is 1.97. The monoisotopic (exact) mass is 360 g/mol. The number of hydrogen-bond acceptors (Lipinski definition) is 5. The van der Waals surface area contributed by atoms with Gasteiger partial charge < -0.3 is 0 Å². The van der Waals surface area contributed by atoms with Crippen LogP contribution in [-0.2, 0) is 4.79 Å². The zero-order valence-electron chi connectivity index (χ0n) is 14.8. The summed E-state index contributed by atoms with van der Waals surface area (Å²) in [5.41, 5.74) is 3.44. The number of carbonyl (C=O) groups is 2. The molecule has 134 valence electrons. The molecule has 1 unspecified atom stereocenters. The maximum Gasteiger partial charge on any atom is 0.269 e. The normalized spacial score (nSPS) is 20.8. The fourth-order valence-electron chi connectivity index (χ4n) is 4.07. The molecule has 1 heterocycles. The van der Waals surface area contributed by atoms with Gasteiger partial charge in [-0.3, -0.25) is 24.7 Å². The van der Waals surface area contributed by atoms with Crippen LogP contribution in [0.5, 0.6) is 0 Å². The summed E-state index contributed by atoms with van der Waals surface area (Å²) in [7, 11) is 0. The number of nitro groups is 1. The SMILES string of the molecule is CC(=O)C1C(C)=NC2=C(C(=O)c3ccccc32)[C@H]1c1cccc([N+](=O)[O-])c1. The molecule has 2 aromatic rings. The fraction of sp³-hybridized carbons (Fsp3) is 0.190. The lowest BCUT2D eigenvalue weighted by Gasteiger charge is -2.30. The predicted octanol–water partition coefficient (Wildman–Crippen LogP) is 3.97. The Morgan fingerprint density at radius 3 is 2.48 bits per heavy atom. The van der Waals surface area contributed by atoms with E-state index in [0.717, 1.165) is 5.56 Å². The third-order valence-corrected chi connectivity index (χ3v) is 5.19. The average molecular weight is 360 g/mol. The van der Waals surface area contributed by atoms with Gasteiger partial charge in [-0.1, -0.05) is 36.4 Å². The second-order valence-corrected chi connectivity index (χ2v) is 6.81. The number of carbonyl (C=O) groups excluding carboxylic acids is 2. The van der Waals surface area contributed by atoms with Crippen molar-refractivity contribution < 1.29 is 14.5 Å². The number of benzene rings is 2. The number of non-ortho nitro benzene ring substituents is 1. The summed E-state index contributed by atoms with van der Waals surface area (Å²) in [5.74, 6) is -1.50. The van der Waals surface area contributed by atoms with Crippen LogP contribution >= 0.6 is 0 Å². The highest BCUT2D eigenvalue weighted by Crippen LogP contribution is 2.48. The molecule has 2 aromatic carbocycles. The molecular formula is C21H16N2O4. The van der Waals surface area contributed by atoms with E-state index in [1.54, 1.807) is 31.2 Å². The molecule has 0 aromatic heterocycles. The molecule has 2 aliphatic rings. The van der Waals surface area contributed by atoms with Crippen LogP contribution < -0.4 is 0 Å². The summed E-state index contributed by atoms with van der Waals surface area (Å²) >= 11 is 0. The number of rotatable bonds is 3. The van der Waals surface area contributed by atoms with E-state index >= 15 is 0 Å². The van der Waals surface area contributed by atoms with Crippen LogP contribution in [-0.4, -0.2) is 22.2 Å². The molecule has 0 saturated heterocycles. The Morgan fingerprint density at radius 2 is 1.81 bits per heavy atom. The molecule has 0 spiro atoms. The molecule has 1 aliphatic carbocycles. The van der Waals surface area contributed by atoms with Crippen LogP contribution in [0.4, 0.5) is 5.69 Å². The summed E-state index contributed by atoms with van der Waals surface area (Å²) in [5, 5.41) is 11.2. The van der Waals surface area contributed by atoms with E-state index in [9.17, 15) is 19.7 Å². The minimum absolute atomic E-state index is 0.0694. The smallest absolute Gasteiger partial charge is 0.269 e. The van der Waals surface area contributed by atoms with E-state index in [-0.39, 0.29) is 17.3 Å². The van der Waals surface area contributed by atoms with E-state index in [2.05, 4.69) is 4.99 Å². The Kier molecular flexibility index (Phi) is 3.84. The molecule has 4 rings (SSSR count). The third-order valence-electron chi connectivity index (χ3n) is 5.19. The van der Waals surface area contributed by atoms with Crippen LogP contribution in [0.15, 0.2) is 59.1 Å². The first-order chi connectivity index (χ1) is 12.9. The zero-order chi connectivity index (χ0) is 19.3. The van der Waals surface area contributed by atoms with Crippen molar-refractivity contribution >= 4 is 28.7 Å². The van der Waals surface area contributed by atoms with Gasteiger partial charge in [0, 0.05) is 40.5 Å². The molecule has 0 amide bonds. The van der Waals surface area contributed by atoms with Crippen LogP contribution in [0.25, 0.3) is 5.70 Å². The third kappa shape index (κ3) is 2.52. The largest absolute Gasteiger partial charge is 0.299 e. The molecule has 0 fully saturated rings. The van der Waals surface area contributed by atoms with Crippen LogP contribution in [0.3, 0.4) is 0 Å². The van der Waals surface area contributed by atoms with Gasteiger partial charge in [0.25, 0.3) is 5.69 Å². The van der Waals surface area contributed by atoms with Gasteiger partial charge in [0.15, 0.2) is 5.78 Å². The summed E-state index contributed by atoms with van der Waals surface area (Å²) in [6, 6.07) is 13.4. The van der Waals surface area contributed by atoms with Gasteiger partial charge in [-0.15, -0.1) is 0 Å². The topological polar surface area (TPSA) is 89.6 Å².